The molecule has 0 radical (unpaired) electrons. The van der Waals surface area contributed by atoms with Crippen LogP contribution in [-0.4, -0.2) is 45.8 Å². The van der Waals surface area contributed by atoms with Crippen LogP contribution in [-0.2, 0) is 14.8 Å². The van der Waals surface area contributed by atoms with E-state index < -0.39 is 16.0 Å². The van der Waals surface area contributed by atoms with Crippen LogP contribution in [0.2, 0.25) is 0 Å². The van der Waals surface area contributed by atoms with Crippen molar-refractivity contribution in [3.8, 4) is 0 Å². The first-order chi connectivity index (χ1) is 11.3. The van der Waals surface area contributed by atoms with E-state index in [0.29, 0.717) is 37.8 Å². The van der Waals surface area contributed by atoms with E-state index in [1.165, 1.54) is 18.2 Å². The summed E-state index contributed by atoms with van der Waals surface area (Å²) in [6, 6.07) is 4.05. The third kappa shape index (κ3) is 6.46. The van der Waals surface area contributed by atoms with Gasteiger partial charge in [-0.3, -0.25) is 0 Å². The molecule has 0 amide bonds. The third-order valence-electron chi connectivity index (χ3n) is 3.18. The maximum Gasteiger partial charge on any atom is 0.335 e. The van der Waals surface area contributed by atoms with Gasteiger partial charge < -0.3 is 15.2 Å². The molecule has 0 heterocycles. The van der Waals surface area contributed by atoms with Crippen LogP contribution < -0.4 is 10.0 Å². The van der Waals surface area contributed by atoms with Crippen LogP contribution in [0.5, 0.6) is 0 Å². The molecule has 136 valence electrons. The molecule has 0 aliphatic heterocycles. The molecule has 0 saturated carbocycles. The number of rotatable bonds is 11. The van der Waals surface area contributed by atoms with Crippen molar-refractivity contribution in [2.45, 2.75) is 32.1 Å². The van der Waals surface area contributed by atoms with E-state index in [0.717, 1.165) is 0 Å². The molecule has 0 bridgehead atoms. The second kappa shape index (κ2) is 9.61. The number of carboxylic acids is 1. The lowest BCUT2D eigenvalue weighted by atomic mass is 10.2. The maximum absolute atomic E-state index is 12.5. The summed E-state index contributed by atoms with van der Waals surface area (Å²) in [6.07, 6.45) is 0.542. The van der Waals surface area contributed by atoms with E-state index in [-0.39, 0.29) is 17.0 Å². The zero-order chi connectivity index (χ0) is 18.2. The number of anilines is 1. The number of carbonyl (C=O) groups is 1. The van der Waals surface area contributed by atoms with E-state index in [1.54, 1.807) is 0 Å². The summed E-state index contributed by atoms with van der Waals surface area (Å²) >= 11 is 0. The van der Waals surface area contributed by atoms with E-state index >= 15 is 0 Å². The van der Waals surface area contributed by atoms with Crippen LogP contribution in [0.25, 0.3) is 0 Å². The highest BCUT2D eigenvalue weighted by Gasteiger charge is 2.20. The molecule has 0 fully saturated rings. The van der Waals surface area contributed by atoms with Crippen molar-refractivity contribution in [1.29, 1.82) is 0 Å². The third-order valence-corrected chi connectivity index (χ3v) is 4.68. The van der Waals surface area contributed by atoms with Gasteiger partial charge in [0.1, 0.15) is 4.90 Å². The van der Waals surface area contributed by atoms with Gasteiger partial charge in [0.25, 0.3) is 0 Å². The zero-order valence-corrected chi connectivity index (χ0v) is 15.1. The molecule has 1 aromatic carbocycles. The summed E-state index contributed by atoms with van der Waals surface area (Å²) in [5.74, 6) is -0.850. The van der Waals surface area contributed by atoms with Crippen LogP contribution in [0.4, 0.5) is 5.69 Å². The maximum atomic E-state index is 12.5. The average Bonchev–Trinajstić information content (AvgIpc) is 2.52. The van der Waals surface area contributed by atoms with Gasteiger partial charge in [-0.2, -0.15) is 0 Å². The summed E-state index contributed by atoms with van der Waals surface area (Å²) in [5, 5.41) is 12.2. The van der Waals surface area contributed by atoms with Gasteiger partial charge in [-0.05, 0) is 37.5 Å². The number of hydrogen-bond donors (Lipinski definition) is 3. The molecular weight excluding hydrogens is 332 g/mol. The molecule has 0 aromatic heterocycles. The van der Waals surface area contributed by atoms with Gasteiger partial charge >= 0.3 is 5.97 Å². The number of carboxylic acid groups (broad SMARTS) is 1. The molecule has 0 aliphatic carbocycles. The largest absolute Gasteiger partial charge is 0.478 e. The van der Waals surface area contributed by atoms with E-state index in [1.807, 2.05) is 20.8 Å². The standard InChI is InChI=1S/C16H26N2O5S/c1-4-23-9-5-8-18-24(21,22)15-10-13(16(19)20)6-7-14(15)17-11-12(2)3/h6-7,10,12,17-18H,4-5,8-9,11H2,1-3H3,(H,19,20). The molecule has 0 spiro atoms. The Bertz CT molecular complexity index is 644. The Labute approximate surface area is 143 Å². The summed E-state index contributed by atoms with van der Waals surface area (Å²) in [5.41, 5.74) is 0.325. The molecule has 0 aliphatic rings. The van der Waals surface area contributed by atoms with Crippen LogP contribution in [0, 0.1) is 5.92 Å². The van der Waals surface area contributed by atoms with Crippen molar-refractivity contribution in [2.75, 3.05) is 31.6 Å². The van der Waals surface area contributed by atoms with Crippen molar-refractivity contribution in [2.24, 2.45) is 5.92 Å². The molecule has 8 heteroatoms. The van der Waals surface area contributed by atoms with Gasteiger partial charge in [-0.15, -0.1) is 0 Å². The highest BCUT2D eigenvalue weighted by molar-refractivity contribution is 7.89. The van der Waals surface area contributed by atoms with Crippen LogP contribution in [0.15, 0.2) is 23.1 Å². The molecule has 24 heavy (non-hydrogen) atoms. The normalized spacial score (nSPS) is 11.7. The quantitative estimate of drug-likeness (QED) is 0.524. The molecule has 0 atom stereocenters. The summed E-state index contributed by atoms with van der Waals surface area (Å²) in [6.45, 7) is 7.72. The summed E-state index contributed by atoms with van der Waals surface area (Å²) in [7, 11) is -3.81. The second-order valence-corrected chi connectivity index (χ2v) is 7.47. The SMILES string of the molecule is CCOCCCNS(=O)(=O)c1cc(C(=O)O)ccc1NCC(C)C. The van der Waals surface area contributed by atoms with Crippen LogP contribution >= 0.6 is 0 Å². The first kappa shape index (κ1) is 20.4. The molecule has 1 aromatic rings. The molecule has 3 N–H and O–H groups in total. The van der Waals surface area contributed by atoms with Gasteiger partial charge in [-0.1, -0.05) is 13.8 Å². The Hall–Kier alpha value is -1.64. The monoisotopic (exact) mass is 358 g/mol. The van der Waals surface area contributed by atoms with Gasteiger partial charge in [0, 0.05) is 26.3 Å². The van der Waals surface area contributed by atoms with Crippen molar-refractivity contribution < 1.29 is 23.1 Å². The molecule has 1 rings (SSSR count). The van der Waals surface area contributed by atoms with Crippen molar-refractivity contribution in [1.82, 2.24) is 4.72 Å². The Morgan fingerprint density at radius 3 is 2.62 bits per heavy atom. The summed E-state index contributed by atoms with van der Waals surface area (Å²) < 4.78 is 32.7. The lowest BCUT2D eigenvalue weighted by molar-refractivity contribution is 0.0696. The fourth-order valence-electron chi connectivity index (χ4n) is 1.94. The minimum atomic E-state index is -3.81. The fraction of sp³-hybridized carbons (Fsp3) is 0.562. The molecule has 0 unspecified atom stereocenters. The Morgan fingerprint density at radius 2 is 2.04 bits per heavy atom. The van der Waals surface area contributed by atoms with Gasteiger partial charge in [0.05, 0.1) is 11.3 Å². The average molecular weight is 358 g/mol. The van der Waals surface area contributed by atoms with Crippen molar-refractivity contribution in [3.05, 3.63) is 23.8 Å². The minimum Gasteiger partial charge on any atom is -0.478 e. The van der Waals surface area contributed by atoms with Crippen molar-refractivity contribution in [3.63, 3.8) is 0 Å². The van der Waals surface area contributed by atoms with Crippen molar-refractivity contribution >= 4 is 21.7 Å². The van der Waals surface area contributed by atoms with Gasteiger partial charge in [0.15, 0.2) is 0 Å². The van der Waals surface area contributed by atoms with Gasteiger partial charge in [0.2, 0.25) is 10.0 Å². The van der Waals surface area contributed by atoms with Crippen LogP contribution in [0.1, 0.15) is 37.6 Å². The number of sulfonamides is 1. The Morgan fingerprint density at radius 1 is 1.33 bits per heavy atom. The molecular formula is C16H26N2O5S. The second-order valence-electron chi connectivity index (χ2n) is 5.74. The van der Waals surface area contributed by atoms with E-state index in [2.05, 4.69) is 10.0 Å². The fourth-order valence-corrected chi connectivity index (χ4v) is 3.22. The number of aromatic carboxylic acids is 1. The zero-order valence-electron chi connectivity index (χ0n) is 14.3. The molecule has 7 nitrogen and oxygen atoms in total. The number of hydrogen-bond acceptors (Lipinski definition) is 5. The first-order valence-electron chi connectivity index (χ1n) is 7.96. The molecule has 0 saturated heterocycles. The van der Waals surface area contributed by atoms with Gasteiger partial charge in [-0.25, -0.2) is 17.9 Å². The van der Waals surface area contributed by atoms with E-state index in [9.17, 15) is 13.2 Å². The van der Waals surface area contributed by atoms with Crippen LogP contribution in [0.3, 0.4) is 0 Å². The topological polar surface area (TPSA) is 105 Å². The number of ether oxygens (including phenoxy) is 1. The minimum absolute atomic E-state index is 0.0561. The lowest BCUT2D eigenvalue weighted by Crippen LogP contribution is -2.27. The predicted molar refractivity (Wildman–Crippen MR) is 93.0 cm³/mol. The predicted octanol–water partition coefficient (Wildman–Crippen LogP) is 2.16. The smallest absolute Gasteiger partial charge is 0.335 e. The lowest BCUT2D eigenvalue weighted by Gasteiger charge is -2.15. The highest BCUT2D eigenvalue weighted by atomic mass is 32.2. The highest BCUT2D eigenvalue weighted by Crippen LogP contribution is 2.23. The van der Waals surface area contributed by atoms with E-state index in [4.69, 9.17) is 9.84 Å². The Kier molecular flexibility index (Phi) is 8.17. The summed E-state index contributed by atoms with van der Waals surface area (Å²) in [4.78, 5) is 11.1. The number of benzene rings is 1. The first-order valence-corrected chi connectivity index (χ1v) is 9.45. The number of nitrogens with one attached hydrogen (secondary N) is 2. The Balaban J connectivity index is 2.98.